The largest absolute Gasteiger partial charge is 0.465 e. The Balaban J connectivity index is 2.36. The highest BCUT2D eigenvalue weighted by molar-refractivity contribution is 5.85. The normalized spacial score (nSPS) is 19.0. The molecule has 0 radical (unpaired) electrons. The molecule has 8 nitrogen and oxygen atoms in total. The fourth-order valence-corrected chi connectivity index (χ4v) is 2.38. The van der Waals surface area contributed by atoms with Gasteiger partial charge in [-0.05, 0) is 46.5 Å². The topological polar surface area (TPSA) is 108 Å². The third kappa shape index (κ3) is 7.71. The summed E-state index contributed by atoms with van der Waals surface area (Å²) in [5.41, 5.74) is -0.541. The Morgan fingerprint density at radius 2 is 2.04 bits per heavy atom. The summed E-state index contributed by atoms with van der Waals surface area (Å²) in [6, 6.07) is -0.672. The number of carboxylic acid groups (broad SMARTS) is 1. The molecule has 0 bridgehead atoms. The average molecular weight is 329 g/mol. The average Bonchev–Trinajstić information content (AvgIpc) is 2.56. The molecule has 0 spiro atoms. The smallest absolute Gasteiger partial charge is 0.407 e. The SMILES string of the molecule is CC(C)(C)OC(=O)NCCCN1CCCCC(NC(=O)O)C1=O. The van der Waals surface area contributed by atoms with E-state index in [9.17, 15) is 14.4 Å². The summed E-state index contributed by atoms with van der Waals surface area (Å²) in [6.07, 6.45) is 1.11. The third-order valence-electron chi connectivity index (χ3n) is 3.35. The fraction of sp³-hybridized carbons (Fsp3) is 0.800. The van der Waals surface area contributed by atoms with Crippen LogP contribution < -0.4 is 10.6 Å². The zero-order chi connectivity index (χ0) is 17.5. The van der Waals surface area contributed by atoms with E-state index >= 15 is 0 Å². The number of carbonyl (C=O) groups excluding carboxylic acids is 2. The van der Waals surface area contributed by atoms with Crippen molar-refractivity contribution in [1.82, 2.24) is 15.5 Å². The molecule has 132 valence electrons. The molecule has 1 unspecified atom stereocenters. The van der Waals surface area contributed by atoms with E-state index in [0.717, 1.165) is 12.8 Å². The molecule has 0 saturated carbocycles. The zero-order valence-electron chi connectivity index (χ0n) is 14.1. The Kier molecular flexibility index (Phi) is 7.12. The van der Waals surface area contributed by atoms with Crippen LogP contribution in [0.3, 0.4) is 0 Å². The first-order valence-corrected chi connectivity index (χ1v) is 7.94. The quantitative estimate of drug-likeness (QED) is 0.663. The molecule has 1 aliphatic rings. The second-order valence-corrected chi connectivity index (χ2v) is 6.61. The summed E-state index contributed by atoms with van der Waals surface area (Å²) in [5.74, 6) is -0.192. The molecule has 1 rings (SSSR count). The first-order chi connectivity index (χ1) is 10.7. The van der Waals surface area contributed by atoms with E-state index in [1.54, 1.807) is 25.7 Å². The zero-order valence-corrected chi connectivity index (χ0v) is 14.1. The van der Waals surface area contributed by atoms with E-state index in [-0.39, 0.29) is 5.91 Å². The van der Waals surface area contributed by atoms with E-state index in [4.69, 9.17) is 9.84 Å². The van der Waals surface area contributed by atoms with Gasteiger partial charge in [-0.15, -0.1) is 0 Å². The second kappa shape index (κ2) is 8.59. The third-order valence-corrected chi connectivity index (χ3v) is 3.35. The molecule has 0 aromatic carbocycles. The van der Waals surface area contributed by atoms with Gasteiger partial charge >= 0.3 is 12.2 Å². The minimum Gasteiger partial charge on any atom is -0.465 e. The molecule has 3 amide bonds. The van der Waals surface area contributed by atoms with Gasteiger partial charge in [-0.3, -0.25) is 4.79 Å². The molecule has 1 heterocycles. The predicted octanol–water partition coefficient (Wildman–Crippen LogP) is 1.55. The Morgan fingerprint density at radius 3 is 2.65 bits per heavy atom. The predicted molar refractivity (Wildman–Crippen MR) is 84.2 cm³/mol. The van der Waals surface area contributed by atoms with Crippen molar-refractivity contribution < 1.29 is 24.2 Å². The molecule has 1 saturated heterocycles. The number of hydrogen-bond donors (Lipinski definition) is 3. The maximum absolute atomic E-state index is 12.3. The van der Waals surface area contributed by atoms with Crippen molar-refractivity contribution in [3.8, 4) is 0 Å². The van der Waals surface area contributed by atoms with Gasteiger partial charge in [0.2, 0.25) is 5.91 Å². The van der Waals surface area contributed by atoms with Crippen LogP contribution in [0.25, 0.3) is 0 Å². The van der Waals surface area contributed by atoms with Gasteiger partial charge in [0.25, 0.3) is 0 Å². The number of hydrogen-bond acceptors (Lipinski definition) is 4. The lowest BCUT2D eigenvalue weighted by atomic mass is 10.1. The van der Waals surface area contributed by atoms with Crippen molar-refractivity contribution >= 4 is 18.1 Å². The van der Waals surface area contributed by atoms with Crippen molar-refractivity contribution in [3.05, 3.63) is 0 Å². The lowest BCUT2D eigenvalue weighted by Crippen LogP contribution is -2.47. The van der Waals surface area contributed by atoms with E-state index < -0.39 is 23.8 Å². The van der Waals surface area contributed by atoms with E-state index in [2.05, 4.69) is 10.6 Å². The first kappa shape index (κ1) is 19.1. The monoisotopic (exact) mass is 329 g/mol. The Labute approximate surface area is 136 Å². The van der Waals surface area contributed by atoms with Crippen LogP contribution in [0, 0.1) is 0 Å². The number of likely N-dealkylation sites (tertiary alicyclic amines) is 1. The molecule has 1 fully saturated rings. The highest BCUT2D eigenvalue weighted by Gasteiger charge is 2.27. The van der Waals surface area contributed by atoms with Gasteiger partial charge in [0.1, 0.15) is 11.6 Å². The highest BCUT2D eigenvalue weighted by Crippen LogP contribution is 2.12. The summed E-state index contributed by atoms with van der Waals surface area (Å²) < 4.78 is 5.13. The van der Waals surface area contributed by atoms with Crippen LogP contribution in [0.1, 0.15) is 46.5 Å². The van der Waals surface area contributed by atoms with Crippen molar-refractivity contribution in [2.24, 2.45) is 0 Å². The van der Waals surface area contributed by atoms with Gasteiger partial charge in [0, 0.05) is 19.6 Å². The van der Waals surface area contributed by atoms with Crippen LogP contribution in [0.4, 0.5) is 9.59 Å². The van der Waals surface area contributed by atoms with Crippen LogP contribution in [0.5, 0.6) is 0 Å². The van der Waals surface area contributed by atoms with Crippen molar-refractivity contribution in [1.29, 1.82) is 0 Å². The van der Waals surface area contributed by atoms with Gasteiger partial charge < -0.3 is 25.4 Å². The summed E-state index contributed by atoms with van der Waals surface area (Å²) in [4.78, 5) is 36.2. The van der Waals surface area contributed by atoms with Crippen LogP contribution in [-0.4, -0.2) is 59.4 Å². The maximum Gasteiger partial charge on any atom is 0.407 e. The molecule has 1 atom stereocenters. The standard InChI is InChI=1S/C15H27N3O5/c1-15(2,3)23-14(22)16-8-6-10-18-9-5-4-7-11(12(18)19)17-13(20)21/h11,17H,4-10H2,1-3H3,(H,16,22)(H,20,21). The molecular weight excluding hydrogens is 302 g/mol. The maximum atomic E-state index is 12.3. The van der Waals surface area contributed by atoms with Gasteiger partial charge in [-0.2, -0.15) is 0 Å². The second-order valence-electron chi connectivity index (χ2n) is 6.61. The highest BCUT2D eigenvalue weighted by atomic mass is 16.6. The molecular formula is C15H27N3O5. The lowest BCUT2D eigenvalue weighted by Gasteiger charge is -2.24. The van der Waals surface area contributed by atoms with Crippen molar-refractivity contribution in [3.63, 3.8) is 0 Å². The molecule has 0 aromatic heterocycles. The van der Waals surface area contributed by atoms with Gasteiger partial charge in [-0.25, -0.2) is 9.59 Å². The van der Waals surface area contributed by atoms with Crippen LogP contribution >= 0.6 is 0 Å². The van der Waals surface area contributed by atoms with Gasteiger partial charge in [0.15, 0.2) is 0 Å². The summed E-state index contributed by atoms with van der Waals surface area (Å²) >= 11 is 0. The van der Waals surface area contributed by atoms with Gasteiger partial charge in [0.05, 0.1) is 0 Å². The molecule has 3 N–H and O–H groups in total. The Hall–Kier alpha value is -1.99. The summed E-state index contributed by atoms with van der Waals surface area (Å²) in [7, 11) is 0. The fourth-order valence-electron chi connectivity index (χ4n) is 2.38. The van der Waals surface area contributed by atoms with Crippen LogP contribution in [0.2, 0.25) is 0 Å². The first-order valence-electron chi connectivity index (χ1n) is 7.94. The summed E-state index contributed by atoms with van der Waals surface area (Å²) in [5, 5.41) is 13.7. The minimum atomic E-state index is -1.18. The molecule has 8 heteroatoms. The van der Waals surface area contributed by atoms with Crippen molar-refractivity contribution in [2.75, 3.05) is 19.6 Å². The number of carbonyl (C=O) groups is 3. The lowest BCUT2D eigenvalue weighted by molar-refractivity contribution is -0.132. The number of nitrogens with one attached hydrogen (secondary N) is 2. The summed E-state index contributed by atoms with van der Waals surface area (Å²) in [6.45, 7) is 6.86. The van der Waals surface area contributed by atoms with Crippen molar-refractivity contribution in [2.45, 2.75) is 58.1 Å². The van der Waals surface area contributed by atoms with E-state index in [0.29, 0.717) is 32.5 Å². The molecule has 0 aromatic rings. The molecule has 1 aliphatic heterocycles. The van der Waals surface area contributed by atoms with Crippen LogP contribution in [0.15, 0.2) is 0 Å². The number of nitrogens with zero attached hydrogens (tertiary/aromatic N) is 1. The molecule has 23 heavy (non-hydrogen) atoms. The number of rotatable bonds is 5. The molecule has 0 aliphatic carbocycles. The number of amides is 3. The number of ether oxygens (including phenoxy) is 1. The minimum absolute atomic E-state index is 0.192. The van der Waals surface area contributed by atoms with Crippen LogP contribution in [-0.2, 0) is 9.53 Å². The Bertz CT molecular complexity index is 433. The number of alkyl carbamates (subject to hydrolysis) is 1. The Morgan fingerprint density at radius 1 is 1.35 bits per heavy atom. The van der Waals surface area contributed by atoms with E-state index in [1.165, 1.54) is 0 Å². The van der Waals surface area contributed by atoms with Gasteiger partial charge in [-0.1, -0.05) is 0 Å². The van der Waals surface area contributed by atoms with E-state index in [1.807, 2.05) is 0 Å².